The summed E-state index contributed by atoms with van der Waals surface area (Å²) < 4.78 is 10.6. The maximum absolute atomic E-state index is 12.8. The number of carbonyl (C=O) groups excluding carboxylic acids is 3. The molecule has 0 aliphatic carbocycles. The van der Waals surface area contributed by atoms with Crippen molar-refractivity contribution in [3.05, 3.63) is 59.3 Å². The van der Waals surface area contributed by atoms with Crippen LogP contribution in [0.1, 0.15) is 59.6 Å². The van der Waals surface area contributed by atoms with E-state index >= 15 is 0 Å². The van der Waals surface area contributed by atoms with E-state index in [1.807, 2.05) is 26.0 Å². The number of furan rings is 1. The minimum atomic E-state index is -0.357. The SMILES string of the molecule is CCCOCCNC(=O)c1ccc(C)nc1C1CCN(C(=O)CNC(=O)C=Cc2ccco2)CC1. The summed E-state index contributed by atoms with van der Waals surface area (Å²) in [5, 5.41) is 5.52. The lowest BCUT2D eigenvalue weighted by Crippen LogP contribution is -2.43. The van der Waals surface area contributed by atoms with Crippen LogP contribution in [0.5, 0.6) is 0 Å². The first-order valence-corrected chi connectivity index (χ1v) is 12.1. The van der Waals surface area contributed by atoms with Crippen LogP contribution in [0.15, 0.2) is 41.0 Å². The standard InChI is InChI=1S/C26H34N4O5/c1-3-15-34-17-12-27-26(33)22-8-6-19(2)29-25(22)20-10-13-30(14-11-20)24(32)18-28-23(31)9-7-21-5-4-16-35-21/h4-9,16,20H,3,10-15,17-18H2,1-2H3,(H,27,33)(H,28,31). The molecule has 0 saturated carbocycles. The van der Waals surface area contributed by atoms with Gasteiger partial charge in [-0.05, 0) is 56.5 Å². The largest absolute Gasteiger partial charge is 0.465 e. The van der Waals surface area contributed by atoms with Crippen molar-refractivity contribution in [1.29, 1.82) is 0 Å². The van der Waals surface area contributed by atoms with Gasteiger partial charge in [-0.3, -0.25) is 19.4 Å². The third kappa shape index (κ3) is 8.06. The van der Waals surface area contributed by atoms with Crippen molar-refractivity contribution >= 4 is 23.8 Å². The van der Waals surface area contributed by atoms with Crippen LogP contribution >= 0.6 is 0 Å². The van der Waals surface area contributed by atoms with Gasteiger partial charge in [-0.25, -0.2) is 0 Å². The smallest absolute Gasteiger partial charge is 0.253 e. The Kier molecular flexibility index (Phi) is 10.0. The monoisotopic (exact) mass is 482 g/mol. The fourth-order valence-electron chi connectivity index (χ4n) is 3.94. The van der Waals surface area contributed by atoms with E-state index in [9.17, 15) is 14.4 Å². The van der Waals surface area contributed by atoms with Gasteiger partial charge >= 0.3 is 0 Å². The Morgan fingerprint density at radius 3 is 2.69 bits per heavy atom. The number of carbonyl (C=O) groups is 3. The van der Waals surface area contributed by atoms with Crippen molar-refractivity contribution in [3.8, 4) is 0 Å². The first-order chi connectivity index (χ1) is 17.0. The highest BCUT2D eigenvalue weighted by molar-refractivity contribution is 5.95. The molecular formula is C26H34N4O5. The van der Waals surface area contributed by atoms with Crippen LogP contribution in [0.4, 0.5) is 0 Å². The molecule has 188 valence electrons. The first-order valence-electron chi connectivity index (χ1n) is 12.1. The summed E-state index contributed by atoms with van der Waals surface area (Å²) in [5.74, 6) is 0.00394. The van der Waals surface area contributed by atoms with Crippen LogP contribution in [0.2, 0.25) is 0 Å². The number of piperidine rings is 1. The highest BCUT2D eigenvalue weighted by Gasteiger charge is 2.28. The van der Waals surface area contributed by atoms with E-state index < -0.39 is 0 Å². The van der Waals surface area contributed by atoms with Gasteiger partial charge in [0.15, 0.2) is 0 Å². The molecule has 0 aromatic carbocycles. The van der Waals surface area contributed by atoms with Crippen molar-refractivity contribution in [3.63, 3.8) is 0 Å². The lowest BCUT2D eigenvalue weighted by Gasteiger charge is -2.32. The quantitative estimate of drug-likeness (QED) is 0.376. The molecule has 3 rings (SSSR count). The lowest BCUT2D eigenvalue weighted by molar-refractivity contribution is -0.133. The fraction of sp³-hybridized carbons (Fsp3) is 0.462. The summed E-state index contributed by atoms with van der Waals surface area (Å²) in [6.45, 7) is 6.57. The van der Waals surface area contributed by atoms with Gasteiger partial charge in [-0.1, -0.05) is 6.92 Å². The molecule has 1 saturated heterocycles. The lowest BCUT2D eigenvalue weighted by atomic mass is 9.89. The molecule has 1 aliphatic heterocycles. The number of rotatable bonds is 11. The molecule has 1 fully saturated rings. The number of hydrogen-bond donors (Lipinski definition) is 2. The Labute approximate surface area is 205 Å². The van der Waals surface area contributed by atoms with Crippen molar-refractivity contribution in [2.75, 3.05) is 39.4 Å². The number of aromatic nitrogens is 1. The Hall–Kier alpha value is -3.46. The minimum absolute atomic E-state index is 0.0670. The normalized spacial score (nSPS) is 14.3. The molecule has 3 amide bonds. The average Bonchev–Trinajstić information content (AvgIpc) is 3.39. The molecule has 2 aromatic heterocycles. The van der Waals surface area contributed by atoms with Crippen LogP contribution in [0.25, 0.3) is 6.08 Å². The molecule has 0 bridgehead atoms. The Morgan fingerprint density at radius 2 is 1.97 bits per heavy atom. The number of ether oxygens (including phenoxy) is 1. The highest BCUT2D eigenvalue weighted by atomic mass is 16.5. The number of amides is 3. The maximum atomic E-state index is 12.8. The molecule has 2 aromatic rings. The molecule has 9 nitrogen and oxygen atoms in total. The molecule has 0 atom stereocenters. The van der Waals surface area contributed by atoms with Gasteiger partial charge < -0.3 is 24.7 Å². The molecule has 0 radical (unpaired) electrons. The third-order valence-electron chi connectivity index (χ3n) is 5.78. The number of nitrogens with one attached hydrogen (secondary N) is 2. The van der Waals surface area contributed by atoms with Gasteiger partial charge in [0.25, 0.3) is 5.91 Å². The Morgan fingerprint density at radius 1 is 1.17 bits per heavy atom. The average molecular weight is 483 g/mol. The first kappa shape index (κ1) is 26.2. The van der Waals surface area contributed by atoms with E-state index in [0.717, 1.165) is 17.8 Å². The number of likely N-dealkylation sites (tertiary alicyclic amines) is 1. The second-order valence-corrected chi connectivity index (χ2v) is 8.48. The van der Waals surface area contributed by atoms with E-state index in [0.29, 0.717) is 57.0 Å². The maximum Gasteiger partial charge on any atom is 0.253 e. The molecule has 3 heterocycles. The van der Waals surface area contributed by atoms with Crippen LogP contribution < -0.4 is 10.6 Å². The van der Waals surface area contributed by atoms with Gasteiger partial charge in [0.05, 0.1) is 30.7 Å². The number of aryl methyl sites for hydroxylation is 1. The number of pyridine rings is 1. The van der Waals surface area contributed by atoms with Crippen LogP contribution in [-0.4, -0.2) is 67.0 Å². The predicted octanol–water partition coefficient (Wildman–Crippen LogP) is 2.68. The molecule has 35 heavy (non-hydrogen) atoms. The van der Waals surface area contributed by atoms with Crippen molar-refractivity contribution in [2.45, 2.75) is 39.0 Å². The third-order valence-corrected chi connectivity index (χ3v) is 5.78. The van der Waals surface area contributed by atoms with Gasteiger partial charge in [0.2, 0.25) is 11.8 Å². The van der Waals surface area contributed by atoms with Gasteiger partial charge in [0, 0.05) is 43.9 Å². The summed E-state index contributed by atoms with van der Waals surface area (Å²) >= 11 is 0. The van der Waals surface area contributed by atoms with Crippen molar-refractivity contribution in [2.24, 2.45) is 0 Å². The van der Waals surface area contributed by atoms with E-state index in [-0.39, 0.29) is 30.2 Å². The van der Waals surface area contributed by atoms with Crippen LogP contribution in [0.3, 0.4) is 0 Å². The number of hydrogen-bond acceptors (Lipinski definition) is 6. The Bertz CT molecular complexity index is 1010. The molecular weight excluding hydrogens is 448 g/mol. The van der Waals surface area contributed by atoms with Crippen molar-refractivity contribution < 1.29 is 23.5 Å². The molecule has 2 N–H and O–H groups in total. The molecule has 0 unspecified atom stereocenters. The minimum Gasteiger partial charge on any atom is -0.465 e. The van der Waals surface area contributed by atoms with E-state index in [2.05, 4.69) is 15.6 Å². The van der Waals surface area contributed by atoms with E-state index in [1.165, 1.54) is 12.3 Å². The zero-order valence-electron chi connectivity index (χ0n) is 20.4. The molecule has 9 heteroatoms. The fourth-order valence-corrected chi connectivity index (χ4v) is 3.94. The summed E-state index contributed by atoms with van der Waals surface area (Å²) in [7, 11) is 0. The van der Waals surface area contributed by atoms with Gasteiger partial charge in [-0.15, -0.1) is 0 Å². The Balaban J connectivity index is 1.49. The van der Waals surface area contributed by atoms with Crippen molar-refractivity contribution in [1.82, 2.24) is 20.5 Å². The second kappa shape index (κ2) is 13.4. The summed E-state index contributed by atoms with van der Waals surface area (Å²) in [5.41, 5.74) is 2.21. The zero-order valence-corrected chi connectivity index (χ0v) is 20.4. The summed E-state index contributed by atoms with van der Waals surface area (Å²) in [6, 6.07) is 7.13. The van der Waals surface area contributed by atoms with Crippen LogP contribution in [0, 0.1) is 6.92 Å². The van der Waals surface area contributed by atoms with Crippen LogP contribution in [-0.2, 0) is 14.3 Å². The van der Waals surface area contributed by atoms with Gasteiger partial charge in [-0.2, -0.15) is 0 Å². The topological polar surface area (TPSA) is 114 Å². The molecule has 1 aliphatic rings. The van der Waals surface area contributed by atoms with E-state index in [4.69, 9.17) is 9.15 Å². The second-order valence-electron chi connectivity index (χ2n) is 8.48. The summed E-state index contributed by atoms with van der Waals surface area (Å²) in [4.78, 5) is 43.7. The zero-order chi connectivity index (χ0) is 25.0. The van der Waals surface area contributed by atoms with E-state index in [1.54, 1.807) is 23.1 Å². The summed E-state index contributed by atoms with van der Waals surface area (Å²) in [6.07, 6.45) is 6.76. The highest BCUT2D eigenvalue weighted by Crippen LogP contribution is 2.29. The van der Waals surface area contributed by atoms with Gasteiger partial charge in [0.1, 0.15) is 5.76 Å². The number of nitrogens with zero attached hydrogens (tertiary/aromatic N) is 2. The molecule has 0 spiro atoms. The predicted molar refractivity (Wildman–Crippen MR) is 132 cm³/mol.